The highest BCUT2D eigenvalue weighted by molar-refractivity contribution is 5.81. The van der Waals surface area contributed by atoms with Crippen LogP contribution in [0.4, 0.5) is 0 Å². The van der Waals surface area contributed by atoms with E-state index in [0.717, 1.165) is 25.8 Å². The fourth-order valence-corrected chi connectivity index (χ4v) is 3.96. The Balaban J connectivity index is 1.48. The van der Waals surface area contributed by atoms with Crippen molar-refractivity contribution in [2.24, 2.45) is 11.8 Å². The molecule has 8 nitrogen and oxygen atoms in total. The van der Waals surface area contributed by atoms with Gasteiger partial charge in [-0.25, -0.2) is 0 Å². The molecule has 1 aliphatic carbocycles. The lowest BCUT2D eigenvalue weighted by atomic mass is 10.00. The third kappa shape index (κ3) is 6.17. The highest BCUT2D eigenvalue weighted by atomic mass is 16.2. The van der Waals surface area contributed by atoms with Crippen molar-refractivity contribution in [1.29, 1.82) is 0 Å². The Hall–Kier alpha value is -2.64. The Morgan fingerprint density at radius 1 is 1.07 bits per heavy atom. The second-order valence-electron chi connectivity index (χ2n) is 7.96. The van der Waals surface area contributed by atoms with Gasteiger partial charge in [-0.2, -0.15) is 5.10 Å². The van der Waals surface area contributed by atoms with Gasteiger partial charge in [0.05, 0.1) is 5.92 Å². The maximum absolute atomic E-state index is 12.7. The number of aromatic nitrogens is 2. The average Bonchev–Trinajstić information content (AvgIpc) is 3.37. The maximum atomic E-state index is 12.7. The molecule has 1 aromatic heterocycles. The number of allylic oxidation sites excluding steroid dienone is 2. The summed E-state index contributed by atoms with van der Waals surface area (Å²) < 4.78 is 1.84. The van der Waals surface area contributed by atoms with Gasteiger partial charge in [0.2, 0.25) is 17.7 Å². The monoisotopic (exact) mass is 401 g/mol. The number of hydrogen-bond acceptors (Lipinski definition) is 4. The molecule has 29 heavy (non-hydrogen) atoms. The van der Waals surface area contributed by atoms with Crippen LogP contribution in [-0.2, 0) is 20.9 Å². The first-order valence-corrected chi connectivity index (χ1v) is 10.5. The summed E-state index contributed by atoms with van der Waals surface area (Å²) in [6.45, 7) is 3.71. The number of carbonyl (C=O) groups excluding carboxylic acids is 3. The fraction of sp³-hybridized carbons (Fsp3) is 0.619. The molecule has 3 rings (SSSR count). The van der Waals surface area contributed by atoms with E-state index in [0.29, 0.717) is 32.5 Å². The van der Waals surface area contributed by atoms with E-state index in [1.807, 2.05) is 29.1 Å². The number of nitrogens with zero attached hydrogens (tertiary/aromatic N) is 3. The molecule has 2 atom stereocenters. The normalized spacial score (nSPS) is 22.3. The fourth-order valence-electron chi connectivity index (χ4n) is 3.96. The number of aryl methyl sites for hydroxylation is 1. The van der Waals surface area contributed by atoms with Crippen LogP contribution in [0.25, 0.3) is 0 Å². The molecule has 0 bridgehead atoms. The Labute approximate surface area is 171 Å². The quantitative estimate of drug-likeness (QED) is 0.528. The summed E-state index contributed by atoms with van der Waals surface area (Å²) in [6, 6.07) is 1.77. The minimum Gasteiger partial charge on any atom is -0.356 e. The van der Waals surface area contributed by atoms with Crippen molar-refractivity contribution in [3.05, 3.63) is 30.6 Å². The number of hydrogen-bond donors (Lipinski definition) is 2. The van der Waals surface area contributed by atoms with Crippen LogP contribution >= 0.6 is 0 Å². The third-order valence-corrected chi connectivity index (χ3v) is 5.71. The zero-order valence-electron chi connectivity index (χ0n) is 17.0. The molecule has 2 aliphatic rings. The van der Waals surface area contributed by atoms with E-state index in [2.05, 4.69) is 15.7 Å². The molecule has 2 heterocycles. The van der Waals surface area contributed by atoms with Crippen molar-refractivity contribution in [2.45, 2.75) is 51.6 Å². The smallest absolute Gasteiger partial charge is 0.224 e. The number of carbonyl (C=O) groups is 3. The van der Waals surface area contributed by atoms with Gasteiger partial charge in [0.1, 0.15) is 0 Å². The molecule has 0 unspecified atom stereocenters. The van der Waals surface area contributed by atoms with Crippen molar-refractivity contribution >= 4 is 17.7 Å². The van der Waals surface area contributed by atoms with Gasteiger partial charge < -0.3 is 15.5 Å². The van der Waals surface area contributed by atoms with Crippen LogP contribution in [0, 0.1) is 11.8 Å². The van der Waals surface area contributed by atoms with Gasteiger partial charge >= 0.3 is 0 Å². The van der Waals surface area contributed by atoms with Crippen molar-refractivity contribution < 1.29 is 14.4 Å². The first-order valence-electron chi connectivity index (χ1n) is 10.5. The first-order chi connectivity index (χ1) is 14.0. The van der Waals surface area contributed by atoms with Gasteiger partial charge in [0, 0.05) is 57.5 Å². The topological polar surface area (TPSA) is 96.3 Å². The highest BCUT2D eigenvalue weighted by Crippen LogP contribution is 2.21. The average molecular weight is 402 g/mol. The molecule has 1 aromatic rings. The zero-order chi connectivity index (χ0) is 20.6. The molecule has 2 N–H and O–H groups in total. The minimum atomic E-state index is -0.251. The molecule has 0 radical (unpaired) electrons. The van der Waals surface area contributed by atoms with E-state index in [1.54, 1.807) is 11.1 Å². The van der Waals surface area contributed by atoms with Crippen molar-refractivity contribution in [2.75, 3.05) is 19.6 Å². The molecule has 8 heteroatoms. The molecular formula is C21H31N5O3. The van der Waals surface area contributed by atoms with E-state index in [4.69, 9.17) is 0 Å². The van der Waals surface area contributed by atoms with Gasteiger partial charge in [0.25, 0.3) is 0 Å². The van der Waals surface area contributed by atoms with Crippen LogP contribution in [0.3, 0.4) is 0 Å². The summed E-state index contributed by atoms with van der Waals surface area (Å²) in [5.41, 5.74) is 0. The summed E-state index contributed by atoms with van der Waals surface area (Å²) in [5.74, 6) is -0.296. The summed E-state index contributed by atoms with van der Waals surface area (Å²) >= 11 is 0. The van der Waals surface area contributed by atoms with Crippen molar-refractivity contribution in [3.63, 3.8) is 0 Å². The maximum Gasteiger partial charge on any atom is 0.224 e. The van der Waals surface area contributed by atoms with Crippen LogP contribution in [0.1, 0.15) is 39.0 Å². The standard InChI is InChI=1S/C21H31N5O3/c1-16(27)25-14-18(20(28)22-10-4-12-26-13-5-11-23-26)8-9-19(15-25)24-21(29)17-6-2-3-7-17/h2-3,5,11,13,17-19H,4,6-10,12,14-15H2,1H3,(H,22,28)(H,24,29)/t18-,19+/m1/s1. The first kappa shape index (κ1) is 21.1. The zero-order valence-corrected chi connectivity index (χ0v) is 17.0. The van der Waals surface area contributed by atoms with Gasteiger partial charge in [-0.1, -0.05) is 12.2 Å². The second kappa shape index (κ2) is 10.2. The molecular weight excluding hydrogens is 370 g/mol. The molecule has 0 saturated carbocycles. The molecule has 0 spiro atoms. The highest BCUT2D eigenvalue weighted by Gasteiger charge is 2.31. The lowest BCUT2D eigenvalue weighted by Crippen LogP contribution is -2.46. The predicted octanol–water partition coefficient (Wildman–Crippen LogP) is 1.10. The number of nitrogens with one attached hydrogen (secondary N) is 2. The van der Waals surface area contributed by atoms with Gasteiger partial charge in [0.15, 0.2) is 0 Å². The van der Waals surface area contributed by atoms with Gasteiger partial charge in [-0.15, -0.1) is 0 Å². The van der Waals surface area contributed by atoms with E-state index in [-0.39, 0.29) is 35.6 Å². The molecule has 1 fully saturated rings. The molecule has 1 aliphatic heterocycles. The SMILES string of the molecule is CC(=O)N1C[C@@H](NC(=O)C2CC=CC2)CC[C@@H](C(=O)NCCCn2cccn2)C1. The number of rotatable bonds is 7. The molecule has 1 saturated heterocycles. The van der Waals surface area contributed by atoms with Gasteiger partial charge in [-0.05, 0) is 38.2 Å². The lowest BCUT2D eigenvalue weighted by Gasteiger charge is -2.26. The van der Waals surface area contributed by atoms with E-state index in [9.17, 15) is 14.4 Å². The van der Waals surface area contributed by atoms with Crippen LogP contribution in [0.2, 0.25) is 0 Å². The summed E-state index contributed by atoms with van der Waals surface area (Å²) in [6.07, 6.45) is 11.4. The Morgan fingerprint density at radius 2 is 1.86 bits per heavy atom. The molecule has 0 aromatic carbocycles. The van der Waals surface area contributed by atoms with E-state index < -0.39 is 0 Å². The number of likely N-dealkylation sites (tertiary alicyclic amines) is 1. The minimum absolute atomic E-state index is 0.00193. The molecule has 3 amide bonds. The third-order valence-electron chi connectivity index (χ3n) is 5.71. The van der Waals surface area contributed by atoms with Crippen LogP contribution in [0.15, 0.2) is 30.6 Å². The van der Waals surface area contributed by atoms with E-state index >= 15 is 0 Å². The Bertz CT molecular complexity index is 723. The van der Waals surface area contributed by atoms with Crippen molar-refractivity contribution in [3.8, 4) is 0 Å². The second-order valence-corrected chi connectivity index (χ2v) is 7.96. The van der Waals surface area contributed by atoms with Crippen LogP contribution in [0.5, 0.6) is 0 Å². The number of amides is 3. The lowest BCUT2D eigenvalue weighted by molar-refractivity contribution is -0.132. The molecule has 158 valence electrons. The summed E-state index contributed by atoms with van der Waals surface area (Å²) in [4.78, 5) is 38.9. The van der Waals surface area contributed by atoms with Crippen LogP contribution < -0.4 is 10.6 Å². The van der Waals surface area contributed by atoms with E-state index in [1.165, 1.54) is 6.92 Å². The summed E-state index contributed by atoms with van der Waals surface area (Å²) in [5, 5.41) is 10.2. The van der Waals surface area contributed by atoms with Crippen LogP contribution in [-0.4, -0.2) is 58.1 Å². The van der Waals surface area contributed by atoms with Gasteiger partial charge in [-0.3, -0.25) is 19.1 Å². The predicted molar refractivity (Wildman–Crippen MR) is 109 cm³/mol. The summed E-state index contributed by atoms with van der Waals surface area (Å²) in [7, 11) is 0. The Kier molecular flexibility index (Phi) is 7.43. The van der Waals surface area contributed by atoms with Crippen molar-refractivity contribution in [1.82, 2.24) is 25.3 Å². The Morgan fingerprint density at radius 3 is 2.55 bits per heavy atom. The largest absolute Gasteiger partial charge is 0.356 e.